The minimum Gasteiger partial charge on any atom is -0.396 e. The summed E-state index contributed by atoms with van der Waals surface area (Å²) >= 11 is 0. The van der Waals surface area contributed by atoms with Gasteiger partial charge in [-0.2, -0.15) is 4.31 Å². The predicted octanol–water partition coefficient (Wildman–Crippen LogP) is 2.23. The molecule has 1 aromatic carbocycles. The highest BCUT2D eigenvalue weighted by Gasteiger charge is 2.34. The topological polar surface area (TPSA) is 57.6 Å². The molecule has 4 nitrogen and oxygen atoms in total. The summed E-state index contributed by atoms with van der Waals surface area (Å²) in [6.45, 7) is 4.32. The molecular formula is C15H23NO3S. The molecule has 20 heavy (non-hydrogen) atoms. The van der Waals surface area contributed by atoms with E-state index in [2.05, 4.69) is 0 Å². The van der Waals surface area contributed by atoms with Gasteiger partial charge >= 0.3 is 0 Å². The highest BCUT2D eigenvalue weighted by Crippen LogP contribution is 2.30. The fourth-order valence-electron chi connectivity index (χ4n) is 2.41. The fourth-order valence-corrected chi connectivity index (χ4v) is 4.22. The monoisotopic (exact) mass is 297 g/mol. The molecule has 0 radical (unpaired) electrons. The molecule has 1 aromatic rings. The summed E-state index contributed by atoms with van der Waals surface area (Å²) in [7, 11) is -3.45. The Balaban J connectivity index is 2.30. The molecule has 0 heterocycles. The van der Waals surface area contributed by atoms with Gasteiger partial charge in [-0.05, 0) is 56.4 Å². The molecule has 2 rings (SSSR count). The lowest BCUT2D eigenvalue weighted by Gasteiger charge is -2.36. The Bertz CT molecular complexity index is 564. The summed E-state index contributed by atoms with van der Waals surface area (Å²) in [6.07, 6.45) is 3.42. The second-order valence-corrected chi connectivity index (χ2v) is 7.41. The van der Waals surface area contributed by atoms with Crippen LogP contribution in [0.3, 0.4) is 0 Å². The SMILES string of the molecule is Cc1ccc(S(=O)(=O)N(CCCO)C2CCC2)cc1C. The zero-order chi connectivity index (χ0) is 14.8. The van der Waals surface area contributed by atoms with Crippen LogP contribution in [0, 0.1) is 13.8 Å². The van der Waals surface area contributed by atoms with Gasteiger partial charge in [-0.3, -0.25) is 0 Å². The van der Waals surface area contributed by atoms with E-state index in [0.717, 1.165) is 30.4 Å². The Morgan fingerprint density at radius 2 is 1.95 bits per heavy atom. The first-order valence-electron chi connectivity index (χ1n) is 7.17. The Hall–Kier alpha value is -0.910. The fraction of sp³-hybridized carbons (Fsp3) is 0.600. The number of rotatable bonds is 6. The van der Waals surface area contributed by atoms with Crippen LogP contribution in [-0.4, -0.2) is 37.0 Å². The summed E-state index contributed by atoms with van der Waals surface area (Å²) in [5.74, 6) is 0. The number of aryl methyl sites for hydroxylation is 2. The van der Waals surface area contributed by atoms with Gasteiger partial charge in [-0.15, -0.1) is 0 Å². The molecule has 0 bridgehead atoms. The number of benzene rings is 1. The standard InChI is InChI=1S/C15H23NO3S/c1-12-7-8-15(11-13(12)2)20(18,19)16(9-4-10-17)14-5-3-6-14/h7-8,11,14,17H,3-6,9-10H2,1-2H3. The Labute approximate surface area is 121 Å². The second-order valence-electron chi connectivity index (χ2n) is 5.52. The van der Waals surface area contributed by atoms with E-state index in [-0.39, 0.29) is 12.6 Å². The van der Waals surface area contributed by atoms with Gasteiger partial charge in [0.15, 0.2) is 0 Å². The quantitative estimate of drug-likeness (QED) is 0.876. The molecule has 1 aliphatic carbocycles. The smallest absolute Gasteiger partial charge is 0.243 e. The van der Waals surface area contributed by atoms with Gasteiger partial charge in [0.1, 0.15) is 0 Å². The molecule has 0 aromatic heterocycles. The highest BCUT2D eigenvalue weighted by molar-refractivity contribution is 7.89. The van der Waals surface area contributed by atoms with Gasteiger partial charge in [0.05, 0.1) is 4.90 Å². The number of nitrogens with zero attached hydrogens (tertiary/aromatic N) is 1. The van der Waals surface area contributed by atoms with Crippen LogP contribution in [-0.2, 0) is 10.0 Å². The first kappa shape index (κ1) is 15.5. The number of aliphatic hydroxyl groups is 1. The molecule has 0 spiro atoms. The van der Waals surface area contributed by atoms with Crippen LogP contribution in [0.2, 0.25) is 0 Å². The van der Waals surface area contributed by atoms with Gasteiger partial charge in [0.2, 0.25) is 10.0 Å². The van der Waals surface area contributed by atoms with E-state index < -0.39 is 10.0 Å². The van der Waals surface area contributed by atoms with Crippen molar-refractivity contribution in [2.24, 2.45) is 0 Å². The maximum absolute atomic E-state index is 12.8. The van der Waals surface area contributed by atoms with Crippen molar-refractivity contribution in [3.05, 3.63) is 29.3 Å². The summed E-state index contributed by atoms with van der Waals surface area (Å²) < 4.78 is 27.1. The Morgan fingerprint density at radius 1 is 1.25 bits per heavy atom. The Kier molecular flexibility index (Phi) is 4.83. The summed E-state index contributed by atoms with van der Waals surface area (Å²) in [5, 5.41) is 8.98. The van der Waals surface area contributed by atoms with E-state index in [1.807, 2.05) is 19.9 Å². The molecule has 0 saturated heterocycles. The summed E-state index contributed by atoms with van der Waals surface area (Å²) in [5.41, 5.74) is 2.08. The second kappa shape index (κ2) is 6.24. The Morgan fingerprint density at radius 3 is 2.45 bits per heavy atom. The van der Waals surface area contributed by atoms with Crippen molar-refractivity contribution in [2.45, 2.75) is 50.5 Å². The average Bonchev–Trinajstić information content (AvgIpc) is 2.35. The van der Waals surface area contributed by atoms with E-state index in [0.29, 0.717) is 17.9 Å². The largest absolute Gasteiger partial charge is 0.396 e. The van der Waals surface area contributed by atoms with Crippen molar-refractivity contribution in [3.8, 4) is 0 Å². The van der Waals surface area contributed by atoms with E-state index in [4.69, 9.17) is 5.11 Å². The van der Waals surface area contributed by atoms with Crippen LogP contribution < -0.4 is 0 Å². The van der Waals surface area contributed by atoms with Gasteiger partial charge in [-0.25, -0.2) is 8.42 Å². The summed E-state index contributed by atoms with van der Waals surface area (Å²) in [4.78, 5) is 0.366. The van der Waals surface area contributed by atoms with E-state index >= 15 is 0 Å². The van der Waals surface area contributed by atoms with Crippen LogP contribution in [0.4, 0.5) is 0 Å². The van der Waals surface area contributed by atoms with Crippen LogP contribution >= 0.6 is 0 Å². The maximum atomic E-state index is 12.8. The van der Waals surface area contributed by atoms with E-state index in [1.54, 1.807) is 16.4 Å². The van der Waals surface area contributed by atoms with Crippen molar-refractivity contribution in [1.29, 1.82) is 0 Å². The van der Waals surface area contributed by atoms with Gasteiger partial charge in [0.25, 0.3) is 0 Å². The van der Waals surface area contributed by atoms with Crippen LogP contribution in [0.5, 0.6) is 0 Å². The average molecular weight is 297 g/mol. The first-order valence-corrected chi connectivity index (χ1v) is 8.61. The van der Waals surface area contributed by atoms with Crippen molar-refractivity contribution in [3.63, 3.8) is 0 Å². The third-order valence-electron chi connectivity index (χ3n) is 4.10. The van der Waals surface area contributed by atoms with Gasteiger partial charge in [0, 0.05) is 19.2 Å². The van der Waals surface area contributed by atoms with Crippen LogP contribution in [0.15, 0.2) is 23.1 Å². The molecule has 1 fully saturated rings. The third-order valence-corrected chi connectivity index (χ3v) is 6.05. The molecule has 0 amide bonds. The molecule has 1 aliphatic rings. The van der Waals surface area contributed by atoms with E-state index in [9.17, 15) is 8.42 Å². The minimum absolute atomic E-state index is 0.0195. The lowest BCUT2D eigenvalue weighted by molar-refractivity contribution is 0.198. The molecule has 112 valence electrons. The molecule has 5 heteroatoms. The summed E-state index contributed by atoms with van der Waals surface area (Å²) in [6, 6.07) is 5.39. The van der Waals surface area contributed by atoms with Crippen molar-refractivity contribution in [2.75, 3.05) is 13.2 Å². The number of hydrogen-bond acceptors (Lipinski definition) is 3. The van der Waals surface area contributed by atoms with Gasteiger partial charge in [-0.1, -0.05) is 12.5 Å². The molecular weight excluding hydrogens is 274 g/mol. The normalized spacial score (nSPS) is 16.4. The van der Waals surface area contributed by atoms with Crippen LogP contribution in [0.1, 0.15) is 36.8 Å². The zero-order valence-electron chi connectivity index (χ0n) is 12.2. The van der Waals surface area contributed by atoms with Crippen molar-refractivity contribution in [1.82, 2.24) is 4.31 Å². The molecule has 1 N–H and O–H groups in total. The molecule has 0 atom stereocenters. The molecule has 1 saturated carbocycles. The highest BCUT2D eigenvalue weighted by atomic mass is 32.2. The predicted molar refractivity (Wildman–Crippen MR) is 79.1 cm³/mol. The van der Waals surface area contributed by atoms with Crippen molar-refractivity contribution >= 4 is 10.0 Å². The lowest BCUT2D eigenvalue weighted by atomic mass is 9.93. The lowest BCUT2D eigenvalue weighted by Crippen LogP contribution is -2.44. The molecule has 0 unspecified atom stereocenters. The number of sulfonamides is 1. The molecule has 0 aliphatic heterocycles. The minimum atomic E-state index is -3.45. The van der Waals surface area contributed by atoms with Crippen molar-refractivity contribution < 1.29 is 13.5 Å². The van der Waals surface area contributed by atoms with E-state index in [1.165, 1.54) is 0 Å². The number of aliphatic hydroxyl groups excluding tert-OH is 1. The third kappa shape index (κ3) is 3.05. The number of hydrogen-bond donors (Lipinski definition) is 1. The maximum Gasteiger partial charge on any atom is 0.243 e. The van der Waals surface area contributed by atoms with Crippen LogP contribution in [0.25, 0.3) is 0 Å². The zero-order valence-corrected chi connectivity index (χ0v) is 13.0. The van der Waals surface area contributed by atoms with Gasteiger partial charge < -0.3 is 5.11 Å². The first-order chi connectivity index (χ1) is 9.46.